The van der Waals surface area contributed by atoms with E-state index >= 15 is 0 Å². The standard InChI is InChI=1S/C17H11ClN4O4/c18-14-6-4-11(22(24)25)9-13(14)16-7-5-12(26-16)10-20-21-17(23)15-3-1-2-8-19-15/h1-10H,(H,21,23). The van der Waals surface area contributed by atoms with Crippen LogP contribution < -0.4 is 5.43 Å². The van der Waals surface area contributed by atoms with Crippen molar-refractivity contribution in [1.82, 2.24) is 10.4 Å². The van der Waals surface area contributed by atoms with Gasteiger partial charge in [-0.25, -0.2) is 5.43 Å². The van der Waals surface area contributed by atoms with Gasteiger partial charge in [-0.15, -0.1) is 0 Å². The second-order valence-electron chi connectivity index (χ2n) is 5.04. The lowest BCUT2D eigenvalue weighted by Crippen LogP contribution is -2.18. The van der Waals surface area contributed by atoms with Crippen LogP contribution in [0.25, 0.3) is 11.3 Å². The van der Waals surface area contributed by atoms with Gasteiger partial charge >= 0.3 is 0 Å². The van der Waals surface area contributed by atoms with E-state index in [1.807, 2.05) is 0 Å². The maximum atomic E-state index is 11.8. The molecule has 0 fully saturated rings. The Hall–Kier alpha value is -3.52. The van der Waals surface area contributed by atoms with Crippen molar-refractivity contribution < 1.29 is 14.1 Å². The third-order valence-electron chi connectivity index (χ3n) is 3.31. The largest absolute Gasteiger partial charge is 0.455 e. The molecular formula is C17H11ClN4O4. The highest BCUT2D eigenvalue weighted by Gasteiger charge is 2.14. The van der Waals surface area contributed by atoms with Crippen molar-refractivity contribution in [1.29, 1.82) is 0 Å². The number of carbonyl (C=O) groups excluding carboxylic acids is 1. The van der Waals surface area contributed by atoms with Crippen molar-refractivity contribution in [3.05, 3.63) is 81.3 Å². The molecule has 3 rings (SSSR count). The van der Waals surface area contributed by atoms with E-state index in [0.717, 1.165) is 0 Å². The molecule has 130 valence electrons. The quantitative estimate of drug-likeness (QED) is 0.418. The summed E-state index contributed by atoms with van der Waals surface area (Å²) in [6.07, 6.45) is 2.80. The zero-order chi connectivity index (χ0) is 18.5. The minimum atomic E-state index is -0.516. The van der Waals surface area contributed by atoms with Crippen LogP contribution in [-0.2, 0) is 0 Å². The van der Waals surface area contributed by atoms with Gasteiger partial charge in [0.05, 0.1) is 16.2 Å². The normalized spacial score (nSPS) is 10.8. The van der Waals surface area contributed by atoms with Gasteiger partial charge in [0.1, 0.15) is 17.2 Å². The summed E-state index contributed by atoms with van der Waals surface area (Å²) in [7, 11) is 0. The fourth-order valence-electron chi connectivity index (χ4n) is 2.09. The first kappa shape index (κ1) is 17.3. The average Bonchev–Trinajstić information content (AvgIpc) is 3.11. The molecule has 1 aromatic carbocycles. The summed E-state index contributed by atoms with van der Waals surface area (Å²) in [5, 5.41) is 15.0. The number of rotatable bonds is 5. The molecule has 3 aromatic rings. The Bertz CT molecular complexity index is 985. The first-order valence-corrected chi connectivity index (χ1v) is 7.71. The molecule has 0 aliphatic heterocycles. The van der Waals surface area contributed by atoms with Crippen LogP contribution in [0.15, 0.2) is 64.2 Å². The Balaban J connectivity index is 1.73. The molecular weight excluding hydrogens is 360 g/mol. The van der Waals surface area contributed by atoms with Crippen LogP contribution in [0.2, 0.25) is 5.02 Å². The summed E-state index contributed by atoms with van der Waals surface area (Å²) in [4.78, 5) is 26.1. The summed E-state index contributed by atoms with van der Waals surface area (Å²) in [6.45, 7) is 0. The Morgan fingerprint density at radius 1 is 1.27 bits per heavy atom. The zero-order valence-electron chi connectivity index (χ0n) is 13.1. The van der Waals surface area contributed by atoms with Crippen LogP contribution in [0.4, 0.5) is 5.69 Å². The average molecular weight is 371 g/mol. The number of nitrogens with zero attached hydrogens (tertiary/aromatic N) is 3. The maximum Gasteiger partial charge on any atom is 0.289 e. The Labute approximate surface area is 152 Å². The Kier molecular flexibility index (Phi) is 5.04. The molecule has 0 unspecified atom stereocenters. The molecule has 8 nitrogen and oxygen atoms in total. The molecule has 0 radical (unpaired) electrons. The molecule has 0 bridgehead atoms. The number of carbonyl (C=O) groups is 1. The van der Waals surface area contributed by atoms with Gasteiger partial charge in [-0.05, 0) is 30.3 Å². The van der Waals surface area contributed by atoms with Crippen LogP contribution in [0.3, 0.4) is 0 Å². The monoisotopic (exact) mass is 370 g/mol. The van der Waals surface area contributed by atoms with Gasteiger partial charge in [0.15, 0.2) is 0 Å². The van der Waals surface area contributed by atoms with Crippen LogP contribution >= 0.6 is 11.6 Å². The van der Waals surface area contributed by atoms with Crippen molar-refractivity contribution in [2.45, 2.75) is 0 Å². The highest BCUT2D eigenvalue weighted by molar-refractivity contribution is 6.33. The number of non-ortho nitro benzene ring substituents is 1. The number of amides is 1. The SMILES string of the molecule is O=C(NN=Cc1ccc(-c2cc([N+](=O)[O-])ccc2Cl)o1)c1ccccn1. The zero-order valence-corrected chi connectivity index (χ0v) is 13.9. The number of hydrogen-bond acceptors (Lipinski definition) is 6. The Morgan fingerprint density at radius 3 is 2.85 bits per heavy atom. The van der Waals surface area contributed by atoms with Gasteiger partial charge in [-0.3, -0.25) is 19.9 Å². The van der Waals surface area contributed by atoms with Crippen molar-refractivity contribution in [3.8, 4) is 11.3 Å². The van der Waals surface area contributed by atoms with Crippen LogP contribution in [-0.4, -0.2) is 22.0 Å². The first-order chi connectivity index (χ1) is 12.5. The molecule has 0 atom stereocenters. The lowest BCUT2D eigenvalue weighted by Gasteiger charge is -2.00. The second kappa shape index (κ2) is 7.58. The van der Waals surface area contributed by atoms with Crippen LogP contribution in [0, 0.1) is 10.1 Å². The van der Waals surface area contributed by atoms with E-state index in [2.05, 4.69) is 15.5 Å². The van der Waals surface area contributed by atoms with Gasteiger partial charge in [0.25, 0.3) is 11.6 Å². The Morgan fingerprint density at radius 2 is 2.12 bits per heavy atom. The van der Waals surface area contributed by atoms with Crippen molar-refractivity contribution in [2.24, 2.45) is 5.10 Å². The molecule has 0 aliphatic carbocycles. The third-order valence-corrected chi connectivity index (χ3v) is 3.64. The summed E-state index contributed by atoms with van der Waals surface area (Å²) in [5.41, 5.74) is 2.84. The number of furan rings is 1. The lowest BCUT2D eigenvalue weighted by atomic mass is 10.1. The van der Waals surface area contributed by atoms with Crippen LogP contribution in [0.1, 0.15) is 16.2 Å². The molecule has 0 spiro atoms. The van der Waals surface area contributed by atoms with Crippen molar-refractivity contribution in [2.75, 3.05) is 0 Å². The topological polar surface area (TPSA) is 111 Å². The molecule has 0 saturated carbocycles. The molecule has 0 saturated heterocycles. The number of benzene rings is 1. The highest BCUT2D eigenvalue weighted by atomic mass is 35.5. The summed E-state index contributed by atoms with van der Waals surface area (Å²) in [6, 6.07) is 12.2. The van der Waals surface area contributed by atoms with E-state index in [1.54, 1.807) is 30.3 Å². The van der Waals surface area contributed by atoms with E-state index in [-0.39, 0.29) is 11.4 Å². The number of hydrogen-bond donors (Lipinski definition) is 1. The van der Waals surface area contributed by atoms with Crippen molar-refractivity contribution >= 4 is 29.4 Å². The molecule has 9 heteroatoms. The highest BCUT2D eigenvalue weighted by Crippen LogP contribution is 2.32. The minimum absolute atomic E-state index is 0.0985. The number of hydrazone groups is 1. The van der Waals surface area contributed by atoms with Gasteiger partial charge in [0.2, 0.25) is 0 Å². The van der Waals surface area contributed by atoms with E-state index in [1.165, 1.54) is 30.6 Å². The predicted octanol–water partition coefficient (Wildman–Crippen LogP) is 3.67. The lowest BCUT2D eigenvalue weighted by molar-refractivity contribution is -0.384. The number of pyridine rings is 1. The molecule has 1 N–H and O–H groups in total. The molecule has 2 aromatic heterocycles. The van der Waals surface area contributed by atoms with Crippen molar-refractivity contribution in [3.63, 3.8) is 0 Å². The molecule has 2 heterocycles. The smallest absolute Gasteiger partial charge is 0.289 e. The minimum Gasteiger partial charge on any atom is -0.455 e. The van der Waals surface area contributed by atoms with Gasteiger partial charge in [-0.2, -0.15) is 5.10 Å². The summed E-state index contributed by atoms with van der Waals surface area (Å²) >= 11 is 6.08. The third kappa shape index (κ3) is 3.93. The number of halogens is 1. The molecule has 0 aliphatic rings. The van der Waals surface area contributed by atoms with E-state index < -0.39 is 10.8 Å². The number of nitro benzene ring substituents is 1. The summed E-state index contributed by atoms with van der Waals surface area (Å²) in [5.74, 6) is 0.218. The second-order valence-corrected chi connectivity index (χ2v) is 5.44. The number of aromatic nitrogens is 1. The maximum absolute atomic E-state index is 11.8. The number of nitro groups is 1. The van der Waals surface area contributed by atoms with Gasteiger partial charge < -0.3 is 4.42 Å². The molecule has 26 heavy (non-hydrogen) atoms. The van der Waals surface area contributed by atoms with E-state index in [0.29, 0.717) is 22.1 Å². The summed E-state index contributed by atoms with van der Waals surface area (Å²) < 4.78 is 5.55. The van der Waals surface area contributed by atoms with E-state index in [4.69, 9.17) is 16.0 Å². The van der Waals surface area contributed by atoms with E-state index in [9.17, 15) is 14.9 Å². The number of nitrogens with one attached hydrogen (secondary N) is 1. The fourth-order valence-corrected chi connectivity index (χ4v) is 2.30. The predicted molar refractivity (Wildman–Crippen MR) is 95.1 cm³/mol. The van der Waals surface area contributed by atoms with Crippen LogP contribution in [0.5, 0.6) is 0 Å². The van der Waals surface area contributed by atoms with Gasteiger partial charge in [0, 0.05) is 23.9 Å². The fraction of sp³-hybridized carbons (Fsp3) is 0. The van der Waals surface area contributed by atoms with Gasteiger partial charge in [-0.1, -0.05) is 17.7 Å². The molecule has 1 amide bonds. The first-order valence-electron chi connectivity index (χ1n) is 7.33.